The largest absolute Gasteiger partial charge is 0.369 e. The molecule has 0 bridgehead atoms. The van der Waals surface area contributed by atoms with Crippen LogP contribution in [0.3, 0.4) is 0 Å². The summed E-state index contributed by atoms with van der Waals surface area (Å²) >= 11 is 0. The van der Waals surface area contributed by atoms with E-state index in [9.17, 15) is 9.18 Å². The number of carbonyl (C=O) groups excluding carboxylic acids is 1. The quantitative estimate of drug-likeness (QED) is 0.716. The number of hydrogen-bond acceptors (Lipinski definition) is 1. The van der Waals surface area contributed by atoms with Gasteiger partial charge in [-0.15, -0.1) is 0 Å². The van der Waals surface area contributed by atoms with Crippen molar-refractivity contribution >= 4 is 5.91 Å². The van der Waals surface area contributed by atoms with Gasteiger partial charge in [-0.1, -0.05) is 17.7 Å². The van der Waals surface area contributed by atoms with Crippen LogP contribution >= 0.6 is 0 Å². The highest BCUT2D eigenvalue weighted by molar-refractivity contribution is 5.86. The lowest BCUT2D eigenvalue weighted by molar-refractivity contribution is -0.129. The Hall–Kier alpha value is -1.12. The van der Waals surface area contributed by atoms with E-state index in [4.69, 9.17) is 5.73 Å². The van der Waals surface area contributed by atoms with Gasteiger partial charge in [0.1, 0.15) is 11.6 Å². The lowest BCUT2D eigenvalue weighted by atomic mass is 9.69. The van der Waals surface area contributed by atoms with E-state index in [1.54, 1.807) is 19.1 Å². The molecule has 2 nitrogen and oxygen atoms in total. The van der Waals surface area contributed by atoms with E-state index in [1.165, 1.54) is 6.08 Å². The summed E-state index contributed by atoms with van der Waals surface area (Å²) in [5.41, 5.74) is 5.09. The highest BCUT2D eigenvalue weighted by Crippen LogP contribution is 2.54. The Labute approximate surface area is 82.7 Å². The van der Waals surface area contributed by atoms with Gasteiger partial charge in [-0.25, -0.2) is 4.39 Å². The number of carbonyl (C=O) groups is 1. The molecule has 2 aliphatic rings. The topological polar surface area (TPSA) is 43.1 Å². The third-order valence-electron chi connectivity index (χ3n) is 3.34. The molecule has 0 aromatic heterocycles. The van der Waals surface area contributed by atoms with Crippen LogP contribution < -0.4 is 5.73 Å². The zero-order chi connectivity index (χ0) is 10.3. The van der Waals surface area contributed by atoms with E-state index >= 15 is 0 Å². The molecule has 2 aliphatic carbocycles. The number of allylic oxidation sites excluding steroid dienone is 3. The fourth-order valence-electron chi connectivity index (χ4n) is 2.42. The standard InChI is InChI=1S/C11H14FNO/c1-7-3-2-4-9(12)11(7,10(13)14)8-5-6-8/h2-4,8-9H,5-6H2,1H3,(H2,13,14). The SMILES string of the molecule is CC1=CC=CC(F)C1(C(N)=O)C1CC1. The summed E-state index contributed by atoms with van der Waals surface area (Å²) in [7, 11) is 0. The molecule has 14 heavy (non-hydrogen) atoms. The van der Waals surface area contributed by atoms with Crippen LogP contribution in [-0.4, -0.2) is 12.1 Å². The second-order valence-corrected chi connectivity index (χ2v) is 4.14. The Balaban J connectivity index is 2.46. The number of alkyl halides is 1. The molecule has 76 valence electrons. The van der Waals surface area contributed by atoms with E-state index < -0.39 is 17.5 Å². The van der Waals surface area contributed by atoms with Gasteiger partial charge >= 0.3 is 0 Å². The molecule has 0 aromatic rings. The van der Waals surface area contributed by atoms with Gasteiger partial charge in [0.2, 0.25) is 5.91 Å². The molecule has 0 spiro atoms. The highest BCUT2D eigenvalue weighted by atomic mass is 19.1. The van der Waals surface area contributed by atoms with Crippen molar-refractivity contribution < 1.29 is 9.18 Å². The van der Waals surface area contributed by atoms with Gasteiger partial charge < -0.3 is 5.73 Å². The van der Waals surface area contributed by atoms with Crippen LogP contribution in [0.15, 0.2) is 23.8 Å². The monoisotopic (exact) mass is 195 g/mol. The fourth-order valence-corrected chi connectivity index (χ4v) is 2.42. The predicted molar refractivity (Wildman–Crippen MR) is 52.1 cm³/mol. The summed E-state index contributed by atoms with van der Waals surface area (Å²) in [6.45, 7) is 1.79. The fraction of sp³-hybridized carbons (Fsp3) is 0.545. The number of amides is 1. The van der Waals surface area contributed by atoms with Crippen molar-refractivity contribution in [2.24, 2.45) is 17.1 Å². The molecule has 0 aliphatic heterocycles. The summed E-state index contributed by atoms with van der Waals surface area (Å²) < 4.78 is 13.9. The molecular weight excluding hydrogens is 181 g/mol. The lowest BCUT2D eigenvalue weighted by Crippen LogP contribution is -2.47. The minimum Gasteiger partial charge on any atom is -0.369 e. The van der Waals surface area contributed by atoms with Crippen LogP contribution in [0.4, 0.5) is 4.39 Å². The maximum Gasteiger partial charge on any atom is 0.231 e. The zero-order valence-electron chi connectivity index (χ0n) is 8.16. The second-order valence-electron chi connectivity index (χ2n) is 4.14. The highest BCUT2D eigenvalue weighted by Gasteiger charge is 2.56. The molecule has 2 rings (SSSR count). The van der Waals surface area contributed by atoms with E-state index in [0.29, 0.717) is 0 Å². The molecule has 0 heterocycles. The van der Waals surface area contributed by atoms with Crippen molar-refractivity contribution in [3.63, 3.8) is 0 Å². The Bertz CT molecular complexity index is 330. The summed E-state index contributed by atoms with van der Waals surface area (Å²) in [4.78, 5) is 11.5. The Morgan fingerprint density at radius 1 is 1.64 bits per heavy atom. The van der Waals surface area contributed by atoms with Crippen molar-refractivity contribution in [1.82, 2.24) is 0 Å². The molecule has 0 saturated heterocycles. The molecule has 0 aromatic carbocycles. The summed E-state index contributed by atoms with van der Waals surface area (Å²) in [6.07, 6.45) is 5.43. The van der Waals surface area contributed by atoms with Gasteiger partial charge in [0.05, 0.1) is 0 Å². The number of nitrogens with two attached hydrogens (primary N) is 1. The average Bonchev–Trinajstić information content (AvgIpc) is 2.87. The Morgan fingerprint density at radius 3 is 2.71 bits per heavy atom. The van der Waals surface area contributed by atoms with Crippen LogP contribution in [0.2, 0.25) is 0 Å². The van der Waals surface area contributed by atoms with Crippen molar-refractivity contribution in [2.45, 2.75) is 25.9 Å². The minimum absolute atomic E-state index is 0.108. The van der Waals surface area contributed by atoms with Crippen molar-refractivity contribution in [1.29, 1.82) is 0 Å². The maximum atomic E-state index is 13.9. The lowest BCUT2D eigenvalue weighted by Gasteiger charge is -2.35. The van der Waals surface area contributed by atoms with Gasteiger partial charge in [0.25, 0.3) is 0 Å². The molecule has 3 heteroatoms. The zero-order valence-corrected chi connectivity index (χ0v) is 8.16. The maximum absolute atomic E-state index is 13.9. The third-order valence-corrected chi connectivity index (χ3v) is 3.34. The van der Waals surface area contributed by atoms with Gasteiger partial charge in [0.15, 0.2) is 0 Å². The molecule has 1 fully saturated rings. The van der Waals surface area contributed by atoms with Crippen LogP contribution in [0, 0.1) is 11.3 Å². The number of primary amides is 1. The van der Waals surface area contributed by atoms with Crippen LogP contribution in [-0.2, 0) is 4.79 Å². The van der Waals surface area contributed by atoms with Crippen molar-refractivity contribution in [3.8, 4) is 0 Å². The van der Waals surface area contributed by atoms with E-state index in [0.717, 1.165) is 18.4 Å². The molecule has 2 atom stereocenters. The first-order valence-corrected chi connectivity index (χ1v) is 4.89. The summed E-state index contributed by atoms with van der Waals surface area (Å²) in [6, 6.07) is 0. The Morgan fingerprint density at radius 2 is 2.29 bits per heavy atom. The van der Waals surface area contributed by atoms with Crippen LogP contribution in [0.25, 0.3) is 0 Å². The van der Waals surface area contributed by atoms with Crippen molar-refractivity contribution in [2.75, 3.05) is 0 Å². The average molecular weight is 195 g/mol. The molecular formula is C11H14FNO. The van der Waals surface area contributed by atoms with Crippen molar-refractivity contribution in [3.05, 3.63) is 23.8 Å². The van der Waals surface area contributed by atoms with E-state index in [2.05, 4.69) is 0 Å². The van der Waals surface area contributed by atoms with Gasteiger partial charge in [-0.05, 0) is 31.8 Å². The van der Waals surface area contributed by atoms with Crippen LogP contribution in [0.1, 0.15) is 19.8 Å². The molecule has 2 unspecified atom stereocenters. The smallest absolute Gasteiger partial charge is 0.231 e. The normalized spacial score (nSPS) is 36.7. The molecule has 1 amide bonds. The van der Waals surface area contributed by atoms with Gasteiger partial charge in [-0.3, -0.25) is 4.79 Å². The van der Waals surface area contributed by atoms with E-state index in [1.807, 2.05) is 0 Å². The number of rotatable bonds is 2. The molecule has 2 N–H and O–H groups in total. The van der Waals surface area contributed by atoms with E-state index in [-0.39, 0.29) is 5.92 Å². The Kier molecular flexibility index (Phi) is 1.98. The molecule has 0 radical (unpaired) electrons. The number of halogens is 1. The summed E-state index contributed by atoms with van der Waals surface area (Å²) in [5, 5.41) is 0. The summed E-state index contributed by atoms with van der Waals surface area (Å²) in [5.74, 6) is -0.415. The minimum atomic E-state index is -1.25. The predicted octanol–water partition coefficient (Wildman–Crippen LogP) is 1.72. The third kappa shape index (κ3) is 1.04. The molecule has 1 saturated carbocycles. The first-order chi connectivity index (χ1) is 6.60. The van der Waals surface area contributed by atoms with Gasteiger partial charge in [0, 0.05) is 0 Å². The second kappa shape index (κ2) is 2.94. The first kappa shape index (κ1) is 9.44. The van der Waals surface area contributed by atoms with Crippen LogP contribution in [0.5, 0.6) is 0 Å². The van der Waals surface area contributed by atoms with Gasteiger partial charge in [-0.2, -0.15) is 0 Å². The number of hydrogen-bond donors (Lipinski definition) is 1. The first-order valence-electron chi connectivity index (χ1n) is 4.89.